The Morgan fingerprint density at radius 3 is 2.29 bits per heavy atom. The van der Waals surface area contributed by atoms with Gasteiger partial charge in [0.25, 0.3) is 0 Å². The number of carbonyl (C=O) groups excluding carboxylic acids is 2. The molecule has 0 spiro atoms. The van der Waals surface area contributed by atoms with Crippen LogP contribution in [-0.4, -0.2) is 34.3 Å². The lowest BCUT2D eigenvalue weighted by molar-refractivity contribution is -0.141. The first-order chi connectivity index (χ1) is 9.93. The molecule has 5 nitrogen and oxygen atoms in total. The highest BCUT2D eigenvalue weighted by Gasteiger charge is 2.51. The topological polar surface area (TPSA) is 74.7 Å². The predicted octanol–water partition coefficient (Wildman–Crippen LogP) is 2.30. The fourth-order valence-electron chi connectivity index (χ4n) is 3.62. The summed E-state index contributed by atoms with van der Waals surface area (Å²) in [7, 11) is 0. The highest BCUT2D eigenvalue weighted by atomic mass is 16.4. The molecule has 1 saturated heterocycles. The van der Waals surface area contributed by atoms with Gasteiger partial charge in [0.15, 0.2) is 0 Å². The second-order valence-electron chi connectivity index (χ2n) is 6.61. The van der Waals surface area contributed by atoms with Gasteiger partial charge in [0.1, 0.15) is 0 Å². The molecule has 0 aromatic rings. The first-order valence-corrected chi connectivity index (χ1v) is 8.01. The average Bonchev–Trinajstić information content (AvgIpc) is 2.96. The summed E-state index contributed by atoms with van der Waals surface area (Å²) in [6, 6.07) is 0. The SMILES string of the molecule is CCC1CC2C(=O)N(CCC(C)CCC(=O)O)C(=O)C2C1. The van der Waals surface area contributed by atoms with Crippen LogP contribution < -0.4 is 0 Å². The molecule has 118 valence electrons. The molecule has 2 fully saturated rings. The van der Waals surface area contributed by atoms with Crippen LogP contribution in [0.5, 0.6) is 0 Å². The van der Waals surface area contributed by atoms with E-state index in [1.165, 1.54) is 4.90 Å². The maximum absolute atomic E-state index is 12.3. The van der Waals surface area contributed by atoms with Crippen molar-refractivity contribution in [1.82, 2.24) is 4.90 Å². The minimum atomic E-state index is -0.796. The van der Waals surface area contributed by atoms with Crippen LogP contribution in [0.25, 0.3) is 0 Å². The molecule has 2 amide bonds. The van der Waals surface area contributed by atoms with Gasteiger partial charge in [-0.15, -0.1) is 0 Å². The highest BCUT2D eigenvalue weighted by Crippen LogP contribution is 2.44. The van der Waals surface area contributed by atoms with Gasteiger partial charge in [0.05, 0.1) is 11.8 Å². The van der Waals surface area contributed by atoms with Crippen LogP contribution in [0.1, 0.15) is 52.4 Å². The Bertz CT molecular complexity index is 410. The Hall–Kier alpha value is -1.39. The monoisotopic (exact) mass is 295 g/mol. The van der Waals surface area contributed by atoms with Crippen LogP contribution in [0.2, 0.25) is 0 Å². The molecule has 0 aromatic heterocycles. The molecule has 0 aromatic carbocycles. The number of imide groups is 1. The molecule has 1 aliphatic carbocycles. The van der Waals surface area contributed by atoms with E-state index in [0.29, 0.717) is 25.3 Å². The molecule has 2 aliphatic rings. The molecule has 1 aliphatic heterocycles. The highest BCUT2D eigenvalue weighted by molar-refractivity contribution is 6.05. The van der Waals surface area contributed by atoms with Gasteiger partial charge in [0.2, 0.25) is 11.8 Å². The molecular formula is C16H25NO4. The smallest absolute Gasteiger partial charge is 0.303 e. The summed E-state index contributed by atoms with van der Waals surface area (Å²) in [5, 5.41) is 8.66. The van der Waals surface area contributed by atoms with Gasteiger partial charge >= 0.3 is 5.97 Å². The number of fused-ring (bicyclic) bond motifs is 1. The van der Waals surface area contributed by atoms with E-state index in [4.69, 9.17) is 5.11 Å². The predicted molar refractivity (Wildman–Crippen MR) is 77.4 cm³/mol. The second kappa shape index (κ2) is 6.58. The van der Waals surface area contributed by atoms with E-state index in [2.05, 4.69) is 6.92 Å². The minimum absolute atomic E-state index is 0.00591. The van der Waals surface area contributed by atoms with Gasteiger partial charge < -0.3 is 5.11 Å². The molecule has 2 rings (SSSR count). The number of hydrogen-bond donors (Lipinski definition) is 1. The molecule has 0 radical (unpaired) electrons. The van der Waals surface area contributed by atoms with E-state index in [0.717, 1.165) is 19.3 Å². The summed E-state index contributed by atoms with van der Waals surface area (Å²) in [5.41, 5.74) is 0. The van der Waals surface area contributed by atoms with E-state index < -0.39 is 5.97 Å². The number of nitrogens with zero attached hydrogens (tertiary/aromatic N) is 1. The number of carboxylic acids is 1. The number of likely N-dealkylation sites (tertiary alicyclic amines) is 1. The van der Waals surface area contributed by atoms with Crippen molar-refractivity contribution < 1.29 is 19.5 Å². The largest absolute Gasteiger partial charge is 0.481 e. The Balaban J connectivity index is 1.84. The minimum Gasteiger partial charge on any atom is -0.481 e. The third kappa shape index (κ3) is 3.44. The van der Waals surface area contributed by atoms with Gasteiger partial charge in [-0.2, -0.15) is 0 Å². The summed E-state index contributed by atoms with van der Waals surface area (Å²) in [6.45, 7) is 4.53. The van der Waals surface area contributed by atoms with E-state index in [-0.39, 0.29) is 36.0 Å². The molecule has 0 bridgehead atoms. The van der Waals surface area contributed by atoms with Crippen LogP contribution in [0, 0.1) is 23.7 Å². The number of amides is 2. The Morgan fingerprint density at radius 2 is 1.81 bits per heavy atom. The fraction of sp³-hybridized carbons (Fsp3) is 0.812. The van der Waals surface area contributed by atoms with Crippen molar-refractivity contribution in [3.05, 3.63) is 0 Å². The van der Waals surface area contributed by atoms with Gasteiger partial charge in [0, 0.05) is 13.0 Å². The normalized spacial score (nSPS) is 29.8. The third-order valence-electron chi connectivity index (χ3n) is 5.10. The average molecular weight is 295 g/mol. The second-order valence-corrected chi connectivity index (χ2v) is 6.61. The summed E-state index contributed by atoms with van der Waals surface area (Å²) >= 11 is 0. The van der Waals surface area contributed by atoms with Crippen molar-refractivity contribution >= 4 is 17.8 Å². The Labute approximate surface area is 125 Å². The molecule has 5 heteroatoms. The van der Waals surface area contributed by atoms with E-state index in [1.807, 2.05) is 6.92 Å². The molecule has 1 N–H and O–H groups in total. The van der Waals surface area contributed by atoms with Crippen molar-refractivity contribution in [3.8, 4) is 0 Å². The van der Waals surface area contributed by atoms with Crippen LogP contribution >= 0.6 is 0 Å². The van der Waals surface area contributed by atoms with Crippen LogP contribution in [0.4, 0.5) is 0 Å². The maximum atomic E-state index is 12.3. The molecule has 3 unspecified atom stereocenters. The Kier molecular flexibility index (Phi) is 5.01. The number of rotatable bonds is 7. The van der Waals surface area contributed by atoms with Crippen molar-refractivity contribution in [3.63, 3.8) is 0 Å². The van der Waals surface area contributed by atoms with Crippen LogP contribution in [0.3, 0.4) is 0 Å². The first-order valence-electron chi connectivity index (χ1n) is 8.01. The molecule has 1 heterocycles. The zero-order chi connectivity index (χ0) is 15.6. The summed E-state index contributed by atoms with van der Waals surface area (Å²) in [5.74, 6) is -0.225. The first kappa shape index (κ1) is 16.0. The van der Waals surface area contributed by atoms with Crippen molar-refractivity contribution in [2.45, 2.75) is 52.4 Å². The molecule has 21 heavy (non-hydrogen) atoms. The lowest BCUT2D eigenvalue weighted by Crippen LogP contribution is -2.34. The Morgan fingerprint density at radius 1 is 1.24 bits per heavy atom. The van der Waals surface area contributed by atoms with Gasteiger partial charge in [-0.05, 0) is 37.5 Å². The zero-order valence-electron chi connectivity index (χ0n) is 12.9. The molecular weight excluding hydrogens is 270 g/mol. The number of aliphatic carboxylic acids is 1. The standard InChI is InChI=1S/C16H25NO4/c1-3-11-8-12-13(9-11)16(21)17(15(12)20)7-6-10(2)4-5-14(18)19/h10-13H,3-9H2,1-2H3,(H,18,19). The molecule has 3 atom stereocenters. The lowest BCUT2D eigenvalue weighted by Gasteiger charge is -2.19. The van der Waals surface area contributed by atoms with Crippen LogP contribution in [0.15, 0.2) is 0 Å². The quantitative estimate of drug-likeness (QED) is 0.731. The molecule has 1 saturated carbocycles. The summed E-state index contributed by atoms with van der Waals surface area (Å²) in [4.78, 5) is 36.7. The number of carbonyl (C=O) groups is 3. The summed E-state index contributed by atoms with van der Waals surface area (Å²) in [6.07, 6.45) is 4.19. The zero-order valence-corrected chi connectivity index (χ0v) is 12.9. The van der Waals surface area contributed by atoms with Crippen LogP contribution in [-0.2, 0) is 14.4 Å². The fourth-order valence-corrected chi connectivity index (χ4v) is 3.62. The van der Waals surface area contributed by atoms with Crippen molar-refractivity contribution in [1.29, 1.82) is 0 Å². The van der Waals surface area contributed by atoms with E-state index in [1.54, 1.807) is 0 Å². The van der Waals surface area contributed by atoms with Crippen molar-refractivity contribution in [2.24, 2.45) is 23.7 Å². The van der Waals surface area contributed by atoms with Gasteiger partial charge in [-0.1, -0.05) is 20.3 Å². The van der Waals surface area contributed by atoms with E-state index in [9.17, 15) is 14.4 Å². The third-order valence-corrected chi connectivity index (χ3v) is 5.10. The number of hydrogen-bond acceptors (Lipinski definition) is 3. The lowest BCUT2D eigenvalue weighted by atomic mass is 10.00. The van der Waals surface area contributed by atoms with E-state index >= 15 is 0 Å². The van der Waals surface area contributed by atoms with Gasteiger partial charge in [-0.25, -0.2) is 0 Å². The van der Waals surface area contributed by atoms with Gasteiger partial charge in [-0.3, -0.25) is 19.3 Å². The maximum Gasteiger partial charge on any atom is 0.303 e. The van der Waals surface area contributed by atoms with Crippen molar-refractivity contribution in [2.75, 3.05) is 6.54 Å². The number of carboxylic acid groups (broad SMARTS) is 1. The summed E-state index contributed by atoms with van der Waals surface area (Å²) < 4.78 is 0.